The van der Waals surface area contributed by atoms with Gasteiger partial charge in [0.2, 0.25) is 0 Å². The Balaban J connectivity index is 1.62. The Hall–Kier alpha value is -3.20. The number of nitro groups is 1. The van der Waals surface area contributed by atoms with E-state index in [4.69, 9.17) is 17.0 Å². The van der Waals surface area contributed by atoms with Crippen molar-refractivity contribution in [3.05, 3.63) is 58.1 Å². The third-order valence-electron chi connectivity index (χ3n) is 4.68. The summed E-state index contributed by atoms with van der Waals surface area (Å²) < 4.78 is 5.19. The molecule has 2 aromatic rings. The number of nitrogens with one attached hydrogen (secondary N) is 2. The fourth-order valence-corrected chi connectivity index (χ4v) is 3.38. The van der Waals surface area contributed by atoms with E-state index in [-0.39, 0.29) is 11.6 Å². The van der Waals surface area contributed by atoms with E-state index in [1.165, 1.54) is 31.7 Å². The average molecular weight is 414 g/mol. The molecule has 2 N–H and O–H groups in total. The van der Waals surface area contributed by atoms with Gasteiger partial charge in [-0.1, -0.05) is 0 Å². The van der Waals surface area contributed by atoms with E-state index in [2.05, 4.69) is 10.6 Å². The van der Waals surface area contributed by atoms with Crippen molar-refractivity contribution >= 4 is 40.3 Å². The predicted molar refractivity (Wildman–Crippen MR) is 116 cm³/mol. The predicted octanol–water partition coefficient (Wildman–Crippen LogP) is 4.04. The molecule has 1 saturated heterocycles. The van der Waals surface area contributed by atoms with E-state index in [0.717, 1.165) is 31.6 Å². The van der Waals surface area contributed by atoms with Crippen LogP contribution >= 0.6 is 12.2 Å². The van der Waals surface area contributed by atoms with Crippen LogP contribution in [0.2, 0.25) is 0 Å². The highest BCUT2D eigenvalue weighted by molar-refractivity contribution is 7.80. The van der Waals surface area contributed by atoms with Gasteiger partial charge in [-0.05, 0) is 61.8 Å². The van der Waals surface area contributed by atoms with Crippen LogP contribution < -0.4 is 15.4 Å². The SMILES string of the molecule is COc1cc([N+](=O)[O-])ccc1NC(=S)Nc1ccc(C(=O)N2CCCCC2)cc1. The molecule has 0 atom stereocenters. The lowest BCUT2D eigenvalue weighted by Crippen LogP contribution is -2.35. The number of anilines is 2. The summed E-state index contributed by atoms with van der Waals surface area (Å²) in [7, 11) is 1.43. The first-order chi connectivity index (χ1) is 14.0. The molecule has 0 saturated carbocycles. The van der Waals surface area contributed by atoms with Crippen molar-refractivity contribution < 1.29 is 14.5 Å². The van der Waals surface area contributed by atoms with Crippen molar-refractivity contribution in [3.63, 3.8) is 0 Å². The lowest BCUT2D eigenvalue weighted by molar-refractivity contribution is -0.384. The van der Waals surface area contributed by atoms with Crippen molar-refractivity contribution in [3.8, 4) is 5.75 Å². The molecule has 0 spiro atoms. The fourth-order valence-electron chi connectivity index (χ4n) is 3.16. The van der Waals surface area contributed by atoms with Crippen LogP contribution in [0.1, 0.15) is 29.6 Å². The molecular formula is C20H22N4O4S. The molecular weight excluding hydrogens is 392 g/mol. The maximum atomic E-state index is 12.5. The summed E-state index contributed by atoms with van der Waals surface area (Å²) in [4.78, 5) is 24.8. The van der Waals surface area contributed by atoms with E-state index in [0.29, 0.717) is 22.1 Å². The monoisotopic (exact) mass is 414 g/mol. The summed E-state index contributed by atoms with van der Waals surface area (Å²) in [5.74, 6) is 0.360. The summed E-state index contributed by atoms with van der Waals surface area (Å²) in [6, 6.07) is 11.4. The first kappa shape index (κ1) is 20.5. The van der Waals surface area contributed by atoms with Gasteiger partial charge in [0, 0.05) is 30.4 Å². The van der Waals surface area contributed by atoms with Gasteiger partial charge >= 0.3 is 0 Å². The maximum absolute atomic E-state index is 12.5. The van der Waals surface area contributed by atoms with Gasteiger partial charge in [0.25, 0.3) is 11.6 Å². The number of carbonyl (C=O) groups excluding carboxylic acids is 1. The van der Waals surface area contributed by atoms with Gasteiger partial charge in [-0.15, -0.1) is 0 Å². The molecule has 152 valence electrons. The molecule has 0 bridgehead atoms. The second kappa shape index (κ2) is 9.33. The Morgan fingerprint density at radius 1 is 1.10 bits per heavy atom. The number of hydrogen-bond donors (Lipinski definition) is 2. The van der Waals surface area contributed by atoms with Crippen molar-refractivity contribution in [2.75, 3.05) is 30.8 Å². The minimum absolute atomic E-state index is 0.0487. The molecule has 1 amide bonds. The standard InChI is InChI=1S/C20H22N4O4S/c1-28-18-13-16(24(26)27)9-10-17(18)22-20(29)21-15-7-5-14(6-8-15)19(25)23-11-3-2-4-12-23/h5-10,13H,2-4,11-12H2,1H3,(H2,21,22,29). The number of thiocarbonyl (C=S) groups is 1. The molecule has 8 nitrogen and oxygen atoms in total. The number of amides is 1. The molecule has 1 aliphatic rings. The number of nitrogens with zero attached hydrogens (tertiary/aromatic N) is 2. The Kier molecular flexibility index (Phi) is 6.61. The van der Waals surface area contributed by atoms with Gasteiger partial charge in [0.15, 0.2) is 5.11 Å². The topological polar surface area (TPSA) is 96.7 Å². The van der Waals surface area contributed by atoms with Gasteiger partial charge in [-0.2, -0.15) is 0 Å². The number of nitro benzene ring substituents is 1. The lowest BCUT2D eigenvalue weighted by atomic mass is 10.1. The Bertz CT molecular complexity index is 911. The summed E-state index contributed by atoms with van der Waals surface area (Å²) in [6.45, 7) is 1.62. The van der Waals surface area contributed by atoms with Crippen LogP contribution in [0.25, 0.3) is 0 Å². The van der Waals surface area contributed by atoms with Crippen LogP contribution in [0.4, 0.5) is 17.1 Å². The van der Waals surface area contributed by atoms with E-state index < -0.39 is 4.92 Å². The molecule has 9 heteroatoms. The van der Waals surface area contributed by atoms with E-state index in [9.17, 15) is 14.9 Å². The highest BCUT2D eigenvalue weighted by atomic mass is 32.1. The zero-order chi connectivity index (χ0) is 20.8. The largest absolute Gasteiger partial charge is 0.494 e. The minimum atomic E-state index is -0.490. The number of piperidine rings is 1. The van der Waals surface area contributed by atoms with E-state index in [1.807, 2.05) is 4.90 Å². The van der Waals surface area contributed by atoms with E-state index in [1.54, 1.807) is 24.3 Å². The van der Waals surface area contributed by atoms with Crippen LogP contribution in [0.3, 0.4) is 0 Å². The molecule has 0 aromatic heterocycles. The van der Waals surface area contributed by atoms with Crippen LogP contribution in [0, 0.1) is 10.1 Å². The number of hydrogen-bond acceptors (Lipinski definition) is 5. The molecule has 29 heavy (non-hydrogen) atoms. The van der Waals surface area contributed by atoms with E-state index >= 15 is 0 Å². The van der Waals surface area contributed by atoms with Gasteiger partial charge in [-0.25, -0.2) is 0 Å². The average Bonchev–Trinajstić information content (AvgIpc) is 2.74. The Labute approximate surface area is 174 Å². The number of benzene rings is 2. The van der Waals surface area contributed by atoms with Crippen LogP contribution in [-0.2, 0) is 0 Å². The molecule has 2 aromatic carbocycles. The zero-order valence-corrected chi connectivity index (χ0v) is 16.8. The maximum Gasteiger partial charge on any atom is 0.273 e. The Morgan fingerprint density at radius 3 is 2.41 bits per heavy atom. The first-order valence-electron chi connectivity index (χ1n) is 9.27. The molecule has 1 heterocycles. The molecule has 3 rings (SSSR count). The number of rotatable bonds is 5. The highest BCUT2D eigenvalue weighted by Gasteiger charge is 2.18. The van der Waals surface area contributed by atoms with Crippen molar-refractivity contribution in [2.45, 2.75) is 19.3 Å². The van der Waals surface area contributed by atoms with Crippen molar-refractivity contribution in [2.24, 2.45) is 0 Å². The van der Waals surface area contributed by atoms with Gasteiger partial charge in [0.05, 0.1) is 23.8 Å². The quantitative estimate of drug-likeness (QED) is 0.433. The smallest absolute Gasteiger partial charge is 0.273 e. The number of likely N-dealkylation sites (tertiary alicyclic amines) is 1. The summed E-state index contributed by atoms with van der Waals surface area (Å²) in [6.07, 6.45) is 3.28. The number of non-ortho nitro benzene ring substituents is 1. The summed E-state index contributed by atoms with van der Waals surface area (Å²) >= 11 is 5.31. The number of methoxy groups -OCH3 is 1. The second-order valence-corrected chi connectivity index (χ2v) is 7.06. The van der Waals surface area contributed by atoms with Gasteiger partial charge in [0.1, 0.15) is 5.75 Å². The Morgan fingerprint density at radius 2 is 1.79 bits per heavy atom. The zero-order valence-electron chi connectivity index (χ0n) is 16.0. The van der Waals surface area contributed by atoms with Crippen LogP contribution in [0.15, 0.2) is 42.5 Å². The van der Waals surface area contributed by atoms with Crippen LogP contribution in [-0.4, -0.2) is 41.0 Å². The highest BCUT2D eigenvalue weighted by Crippen LogP contribution is 2.29. The third-order valence-corrected chi connectivity index (χ3v) is 4.88. The molecule has 1 aliphatic heterocycles. The van der Waals surface area contributed by atoms with Crippen molar-refractivity contribution in [1.82, 2.24) is 4.90 Å². The molecule has 0 radical (unpaired) electrons. The van der Waals surface area contributed by atoms with Gasteiger partial charge in [-0.3, -0.25) is 14.9 Å². The molecule has 0 unspecified atom stereocenters. The second-order valence-electron chi connectivity index (χ2n) is 6.65. The normalized spacial score (nSPS) is 13.5. The van der Waals surface area contributed by atoms with Crippen LogP contribution in [0.5, 0.6) is 5.75 Å². The van der Waals surface area contributed by atoms with Gasteiger partial charge < -0.3 is 20.3 Å². The first-order valence-corrected chi connectivity index (χ1v) is 9.68. The minimum Gasteiger partial charge on any atom is -0.494 e. The third kappa shape index (κ3) is 5.20. The molecule has 0 aliphatic carbocycles. The molecule has 1 fully saturated rings. The number of carbonyl (C=O) groups is 1. The van der Waals surface area contributed by atoms with Crippen molar-refractivity contribution in [1.29, 1.82) is 0 Å². The number of ether oxygens (including phenoxy) is 1. The lowest BCUT2D eigenvalue weighted by Gasteiger charge is -2.26. The fraction of sp³-hybridized carbons (Fsp3) is 0.300. The summed E-state index contributed by atoms with van der Waals surface area (Å²) in [5, 5.41) is 17.2. The summed E-state index contributed by atoms with van der Waals surface area (Å²) in [5.41, 5.74) is 1.81.